The van der Waals surface area contributed by atoms with Gasteiger partial charge in [-0.2, -0.15) is 0 Å². The number of aliphatic hydroxyl groups excluding tert-OH is 1. The average molecular weight is 317 g/mol. The van der Waals surface area contributed by atoms with E-state index in [1.807, 2.05) is 38.1 Å². The molecule has 6 nitrogen and oxygen atoms in total. The zero-order chi connectivity index (χ0) is 16.8. The summed E-state index contributed by atoms with van der Waals surface area (Å²) in [6.45, 7) is 3.87. The fourth-order valence-electron chi connectivity index (χ4n) is 2.35. The molecule has 0 spiro atoms. The number of H-pyrrole nitrogens is 1. The molecule has 0 saturated carbocycles. The van der Waals surface area contributed by atoms with E-state index in [1.54, 1.807) is 7.11 Å². The van der Waals surface area contributed by atoms with E-state index in [4.69, 9.17) is 9.84 Å². The topological polar surface area (TPSA) is 87.2 Å². The number of imidazole rings is 1. The Balaban J connectivity index is 2.15. The van der Waals surface area contributed by atoms with Crippen molar-refractivity contribution < 1.29 is 14.6 Å². The number of ether oxygens (including phenoxy) is 1. The van der Waals surface area contributed by atoms with Crippen molar-refractivity contribution in [1.29, 1.82) is 0 Å². The van der Waals surface area contributed by atoms with Gasteiger partial charge in [0, 0.05) is 23.9 Å². The minimum absolute atomic E-state index is 0.00832. The first-order valence-corrected chi connectivity index (χ1v) is 7.68. The number of methoxy groups -OCH3 is 1. The van der Waals surface area contributed by atoms with Gasteiger partial charge in [0.1, 0.15) is 17.3 Å². The molecule has 3 N–H and O–H groups in total. The number of rotatable bonds is 7. The maximum absolute atomic E-state index is 12.3. The molecule has 124 valence electrons. The molecule has 1 atom stereocenters. The van der Waals surface area contributed by atoms with Crippen molar-refractivity contribution in [2.45, 2.75) is 32.7 Å². The van der Waals surface area contributed by atoms with Gasteiger partial charge in [-0.25, -0.2) is 4.98 Å². The Kier molecular flexibility index (Phi) is 5.76. The highest BCUT2D eigenvalue weighted by atomic mass is 16.5. The van der Waals surface area contributed by atoms with Crippen molar-refractivity contribution in [3.63, 3.8) is 0 Å². The summed E-state index contributed by atoms with van der Waals surface area (Å²) >= 11 is 0. The highest BCUT2D eigenvalue weighted by Gasteiger charge is 2.17. The van der Waals surface area contributed by atoms with Crippen molar-refractivity contribution in [3.05, 3.63) is 35.7 Å². The number of nitrogens with one attached hydrogen (secondary N) is 2. The normalized spacial score (nSPS) is 12.0. The zero-order valence-corrected chi connectivity index (χ0v) is 13.7. The fourth-order valence-corrected chi connectivity index (χ4v) is 2.35. The minimum atomic E-state index is -0.210. The van der Waals surface area contributed by atoms with Gasteiger partial charge in [-0.15, -0.1) is 0 Å². The van der Waals surface area contributed by atoms with Crippen LogP contribution in [0.4, 0.5) is 0 Å². The third-order valence-electron chi connectivity index (χ3n) is 3.62. The number of hydrogen-bond donors (Lipinski definition) is 3. The van der Waals surface area contributed by atoms with Crippen LogP contribution in [0.15, 0.2) is 24.3 Å². The molecule has 1 amide bonds. The van der Waals surface area contributed by atoms with Crippen LogP contribution in [-0.2, 0) is 0 Å². The Morgan fingerprint density at radius 3 is 2.96 bits per heavy atom. The Labute approximate surface area is 135 Å². The summed E-state index contributed by atoms with van der Waals surface area (Å²) < 4.78 is 5.21. The number of aromatic amines is 1. The predicted molar refractivity (Wildman–Crippen MR) is 88.6 cm³/mol. The first-order valence-electron chi connectivity index (χ1n) is 7.68. The molecule has 1 heterocycles. The van der Waals surface area contributed by atoms with Crippen molar-refractivity contribution in [2.24, 2.45) is 0 Å². The summed E-state index contributed by atoms with van der Waals surface area (Å²) in [5.74, 6) is 1.16. The third-order valence-corrected chi connectivity index (χ3v) is 3.62. The summed E-state index contributed by atoms with van der Waals surface area (Å²) in [5, 5.41) is 11.7. The van der Waals surface area contributed by atoms with E-state index in [-0.39, 0.29) is 18.6 Å². The molecule has 0 bridgehead atoms. The van der Waals surface area contributed by atoms with E-state index in [0.29, 0.717) is 17.9 Å². The molecular weight excluding hydrogens is 294 g/mol. The average Bonchev–Trinajstić information content (AvgIpc) is 2.95. The van der Waals surface area contributed by atoms with Crippen LogP contribution in [0.3, 0.4) is 0 Å². The molecule has 2 rings (SSSR count). The first-order chi connectivity index (χ1) is 11.0. The number of aliphatic hydroxyl groups is 1. The highest BCUT2D eigenvalue weighted by molar-refractivity contribution is 5.94. The van der Waals surface area contributed by atoms with Crippen LogP contribution in [-0.4, -0.2) is 40.7 Å². The van der Waals surface area contributed by atoms with Crippen LogP contribution in [0.25, 0.3) is 11.4 Å². The van der Waals surface area contributed by atoms with Crippen LogP contribution >= 0.6 is 0 Å². The summed E-state index contributed by atoms with van der Waals surface area (Å²) in [4.78, 5) is 19.9. The Bertz CT molecular complexity index is 667. The summed E-state index contributed by atoms with van der Waals surface area (Å²) in [6.07, 6.45) is 1.39. The van der Waals surface area contributed by atoms with Crippen LogP contribution in [0.5, 0.6) is 5.75 Å². The van der Waals surface area contributed by atoms with E-state index in [0.717, 1.165) is 23.4 Å². The summed E-state index contributed by atoms with van der Waals surface area (Å²) in [6, 6.07) is 7.50. The molecule has 6 heteroatoms. The molecule has 0 aliphatic carbocycles. The lowest BCUT2D eigenvalue weighted by atomic mass is 10.2. The van der Waals surface area contributed by atoms with Gasteiger partial charge in [-0.05, 0) is 38.8 Å². The number of hydrogen-bond acceptors (Lipinski definition) is 4. The largest absolute Gasteiger partial charge is 0.497 e. The van der Waals surface area contributed by atoms with E-state index in [1.165, 1.54) is 0 Å². The lowest BCUT2D eigenvalue weighted by Crippen LogP contribution is -2.33. The van der Waals surface area contributed by atoms with Crippen LogP contribution < -0.4 is 10.1 Å². The predicted octanol–water partition coefficient (Wildman–Crippen LogP) is 2.28. The van der Waals surface area contributed by atoms with E-state index in [9.17, 15) is 4.79 Å². The van der Waals surface area contributed by atoms with Gasteiger partial charge >= 0.3 is 0 Å². The fraction of sp³-hybridized carbons (Fsp3) is 0.412. The van der Waals surface area contributed by atoms with E-state index >= 15 is 0 Å². The second-order valence-corrected chi connectivity index (χ2v) is 5.53. The number of benzene rings is 1. The molecule has 0 aliphatic rings. The minimum Gasteiger partial charge on any atom is -0.497 e. The smallest absolute Gasteiger partial charge is 0.271 e. The Morgan fingerprint density at radius 2 is 2.26 bits per heavy atom. The lowest BCUT2D eigenvalue weighted by Gasteiger charge is -2.12. The van der Waals surface area contributed by atoms with E-state index in [2.05, 4.69) is 15.3 Å². The van der Waals surface area contributed by atoms with Crippen LogP contribution in [0.1, 0.15) is 35.9 Å². The van der Waals surface area contributed by atoms with Crippen molar-refractivity contribution >= 4 is 5.91 Å². The second kappa shape index (κ2) is 7.78. The number of nitrogens with zero attached hydrogens (tertiary/aromatic N) is 1. The van der Waals surface area contributed by atoms with Gasteiger partial charge in [0.2, 0.25) is 0 Å². The van der Waals surface area contributed by atoms with Crippen LogP contribution in [0, 0.1) is 6.92 Å². The number of aryl methyl sites for hydroxylation is 1. The lowest BCUT2D eigenvalue weighted by molar-refractivity contribution is 0.0931. The summed E-state index contributed by atoms with van der Waals surface area (Å²) in [7, 11) is 1.61. The molecule has 0 aliphatic heterocycles. The SMILES string of the molecule is COc1cccc(-c2nc(C(=O)NC(C)CCCO)c(C)[nH]2)c1. The third kappa shape index (κ3) is 4.32. The van der Waals surface area contributed by atoms with Gasteiger partial charge in [-0.3, -0.25) is 4.79 Å². The first kappa shape index (κ1) is 17.0. The molecule has 1 aromatic heterocycles. The molecule has 23 heavy (non-hydrogen) atoms. The van der Waals surface area contributed by atoms with Crippen molar-refractivity contribution in [3.8, 4) is 17.1 Å². The molecule has 0 fully saturated rings. The van der Waals surface area contributed by atoms with Crippen molar-refractivity contribution in [2.75, 3.05) is 13.7 Å². The number of aromatic nitrogens is 2. The van der Waals surface area contributed by atoms with Gasteiger partial charge in [0.15, 0.2) is 0 Å². The zero-order valence-electron chi connectivity index (χ0n) is 13.7. The monoisotopic (exact) mass is 317 g/mol. The Hall–Kier alpha value is -2.34. The second-order valence-electron chi connectivity index (χ2n) is 5.53. The van der Waals surface area contributed by atoms with Gasteiger partial charge in [0.05, 0.1) is 7.11 Å². The molecule has 1 aromatic carbocycles. The maximum Gasteiger partial charge on any atom is 0.271 e. The van der Waals surface area contributed by atoms with Crippen molar-refractivity contribution in [1.82, 2.24) is 15.3 Å². The molecular formula is C17H23N3O3. The molecule has 2 aromatic rings. The van der Waals surface area contributed by atoms with Gasteiger partial charge in [0.25, 0.3) is 5.91 Å². The Morgan fingerprint density at radius 1 is 1.48 bits per heavy atom. The number of amides is 1. The van der Waals surface area contributed by atoms with E-state index < -0.39 is 0 Å². The quantitative estimate of drug-likeness (QED) is 0.731. The highest BCUT2D eigenvalue weighted by Crippen LogP contribution is 2.22. The summed E-state index contributed by atoms with van der Waals surface area (Å²) in [5.41, 5.74) is 1.97. The van der Waals surface area contributed by atoms with Crippen LogP contribution in [0.2, 0.25) is 0 Å². The number of carbonyl (C=O) groups is 1. The molecule has 0 saturated heterocycles. The molecule has 1 unspecified atom stereocenters. The van der Waals surface area contributed by atoms with Gasteiger partial charge < -0.3 is 20.1 Å². The maximum atomic E-state index is 12.3. The van der Waals surface area contributed by atoms with Gasteiger partial charge in [-0.1, -0.05) is 12.1 Å². The number of carbonyl (C=O) groups excluding carboxylic acids is 1. The molecule has 0 radical (unpaired) electrons. The standard InChI is InChI=1S/C17H23N3O3/c1-11(6-5-9-21)18-17(22)15-12(2)19-16(20-15)13-7-4-8-14(10-13)23-3/h4,7-8,10-11,21H,5-6,9H2,1-3H3,(H,18,22)(H,19,20).